The van der Waals surface area contributed by atoms with Crippen LogP contribution in [0.15, 0.2) is 82.6 Å². The molecule has 0 aliphatic carbocycles. The van der Waals surface area contributed by atoms with Gasteiger partial charge in [-0.25, -0.2) is 4.90 Å². The zero-order chi connectivity index (χ0) is 31.2. The number of benzene rings is 3. The second-order valence-electron chi connectivity index (χ2n) is 9.88. The van der Waals surface area contributed by atoms with Crippen molar-refractivity contribution in [2.45, 2.75) is 22.4 Å². The maximum atomic E-state index is 14.0. The number of carbonyl (C=O) groups is 3. The highest BCUT2D eigenvalue weighted by Crippen LogP contribution is 2.55. The van der Waals surface area contributed by atoms with Crippen LogP contribution in [0, 0.1) is 5.92 Å². The lowest BCUT2D eigenvalue weighted by atomic mass is 9.82. The number of thiazole rings is 1. The first-order valence-corrected chi connectivity index (χ1v) is 14.9. The maximum Gasteiger partial charge on any atom is 0.418 e. The number of imide groups is 1. The van der Waals surface area contributed by atoms with Crippen molar-refractivity contribution in [3.05, 3.63) is 98.5 Å². The molecule has 9 nitrogen and oxygen atoms in total. The van der Waals surface area contributed by atoms with Crippen molar-refractivity contribution in [1.29, 1.82) is 0 Å². The van der Waals surface area contributed by atoms with Crippen LogP contribution in [0.25, 0.3) is 0 Å². The molecule has 3 atom stereocenters. The summed E-state index contributed by atoms with van der Waals surface area (Å²) in [6, 6.07) is 17.6. The van der Waals surface area contributed by atoms with E-state index in [1.54, 1.807) is 48.5 Å². The second kappa shape index (κ2) is 11.5. The number of rotatable bonds is 7. The number of nitrogens with one attached hydrogen (secondary N) is 2. The quantitative estimate of drug-likeness (QED) is 0.264. The highest BCUT2D eigenvalue weighted by Gasteiger charge is 2.57. The number of aromatic nitrogens is 1. The molecule has 2 aliphatic rings. The van der Waals surface area contributed by atoms with E-state index in [9.17, 15) is 32.3 Å². The molecule has 4 aromatic rings. The number of amides is 3. The zero-order valence-corrected chi connectivity index (χ0v) is 24.3. The third kappa shape index (κ3) is 5.35. The van der Waals surface area contributed by atoms with Crippen LogP contribution in [0.2, 0.25) is 0 Å². The van der Waals surface area contributed by atoms with E-state index in [1.165, 1.54) is 19.2 Å². The number of halogens is 3. The number of ether oxygens (including phenoxy) is 2. The van der Waals surface area contributed by atoms with Crippen molar-refractivity contribution in [3.63, 3.8) is 0 Å². The second-order valence-corrected chi connectivity index (χ2v) is 12.0. The summed E-state index contributed by atoms with van der Waals surface area (Å²) in [5.41, 5.74) is -0.753. The molecule has 0 spiro atoms. The normalized spacial score (nSPS) is 19.4. The monoisotopic (exact) mass is 641 g/mol. The first-order valence-electron chi connectivity index (χ1n) is 13.2. The predicted molar refractivity (Wildman–Crippen MR) is 157 cm³/mol. The van der Waals surface area contributed by atoms with E-state index in [4.69, 9.17) is 9.47 Å². The van der Waals surface area contributed by atoms with Crippen LogP contribution >= 0.6 is 23.1 Å². The Morgan fingerprint density at radius 1 is 0.977 bits per heavy atom. The van der Waals surface area contributed by atoms with Crippen LogP contribution in [-0.4, -0.2) is 41.7 Å². The number of aromatic amines is 1. The molecule has 3 aromatic carbocycles. The SMILES string of the molecule is COc1ccc(NC(=O)COc2ccccc2[C@@H]2c3sc(=O)[nH]c3S[C@H]3C(=O)N(c4ccccc4C(F)(F)F)C(=O)[C@@H]23)cc1. The van der Waals surface area contributed by atoms with E-state index in [2.05, 4.69) is 10.3 Å². The number of nitrogens with zero attached hydrogens (tertiary/aromatic N) is 1. The molecule has 1 aromatic heterocycles. The molecule has 3 heterocycles. The van der Waals surface area contributed by atoms with Crippen molar-refractivity contribution >= 4 is 52.2 Å². The summed E-state index contributed by atoms with van der Waals surface area (Å²) in [5.74, 6) is -3.35. The number of H-pyrrole nitrogens is 1. The fourth-order valence-electron chi connectivity index (χ4n) is 5.38. The lowest BCUT2D eigenvalue weighted by molar-refractivity contribution is -0.137. The Balaban J connectivity index is 1.34. The van der Waals surface area contributed by atoms with Crippen molar-refractivity contribution < 1.29 is 37.0 Å². The molecule has 6 rings (SSSR count). The van der Waals surface area contributed by atoms with Gasteiger partial charge in [-0.05, 0) is 42.5 Å². The average molecular weight is 642 g/mol. The molecular weight excluding hydrogens is 619 g/mol. The predicted octanol–water partition coefficient (Wildman–Crippen LogP) is 5.28. The Hall–Kier alpha value is -4.56. The number of fused-ring (bicyclic) bond motifs is 2. The van der Waals surface area contributed by atoms with Gasteiger partial charge in [-0.15, -0.1) is 0 Å². The smallest absolute Gasteiger partial charge is 0.418 e. The Bertz CT molecular complexity index is 1820. The number of methoxy groups -OCH3 is 1. The number of anilines is 2. The van der Waals surface area contributed by atoms with Gasteiger partial charge in [0, 0.05) is 22.0 Å². The van der Waals surface area contributed by atoms with Crippen molar-refractivity contribution in [2.75, 3.05) is 23.9 Å². The third-order valence-electron chi connectivity index (χ3n) is 7.26. The lowest BCUT2D eigenvalue weighted by Gasteiger charge is -2.30. The van der Waals surface area contributed by atoms with Crippen LogP contribution in [-0.2, 0) is 20.6 Å². The van der Waals surface area contributed by atoms with E-state index in [0.717, 1.165) is 35.2 Å². The molecule has 226 valence electrons. The van der Waals surface area contributed by atoms with E-state index in [-0.39, 0.29) is 5.75 Å². The standard InChI is InChI=1S/C30H22F3N3O6S2/c1-41-16-12-10-15(11-13-16)34-21(37)14-42-20-9-5-2-6-17(20)22-23-25(43-26-24(22)44-29(40)35-26)28(39)36(27(23)38)19-8-4-3-7-18(19)30(31,32)33/h2-13,22-23,25H,14H2,1H3,(H,34,37)(H,35,40)/t22-,23-,25+/m0/s1. The Labute approximate surface area is 256 Å². The van der Waals surface area contributed by atoms with Crippen LogP contribution < -0.4 is 24.6 Å². The largest absolute Gasteiger partial charge is 0.497 e. The van der Waals surface area contributed by atoms with Gasteiger partial charge >= 0.3 is 11.0 Å². The summed E-state index contributed by atoms with van der Waals surface area (Å²) < 4.78 is 52.7. The summed E-state index contributed by atoms with van der Waals surface area (Å²) >= 11 is 1.79. The molecule has 0 unspecified atom stereocenters. The topological polar surface area (TPSA) is 118 Å². The van der Waals surface area contributed by atoms with Crippen molar-refractivity contribution in [1.82, 2.24) is 4.98 Å². The number of thioether (sulfide) groups is 1. The number of carbonyl (C=O) groups excluding carboxylic acids is 3. The number of hydrogen-bond acceptors (Lipinski definition) is 8. The number of para-hydroxylation sites is 2. The molecule has 14 heteroatoms. The summed E-state index contributed by atoms with van der Waals surface area (Å²) in [7, 11) is 1.52. The summed E-state index contributed by atoms with van der Waals surface area (Å²) in [5, 5.41) is 1.95. The fourth-order valence-corrected chi connectivity index (χ4v) is 7.89. The molecule has 1 saturated heterocycles. The Kier molecular flexibility index (Phi) is 7.72. The molecule has 2 N–H and O–H groups in total. The van der Waals surface area contributed by atoms with Gasteiger partial charge < -0.3 is 19.8 Å². The van der Waals surface area contributed by atoms with Gasteiger partial charge in [0.1, 0.15) is 16.7 Å². The Morgan fingerprint density at radius 3 is 2.41 bits per heavy atom. The minimum atomic E-state index is -4.81. The Morgan fingerprint density at radius 2 is 1.68 bits per heavy atom. The van der Waals surface area contributed by atoms with Gasteiger partial charge in [-0.1, -0.05) is 53.4 Å². The number of alkyl halides is 3. The fraction of sp³-hybridized carbons (Fsp3) is 0.200. The van der Waals surface area contributed by atoms with Gasteiger partial charge in [-0.3, -0.25) is 19.2 Å². The molecule has 0 radical (unpaired) electrons. The van der Waals surface area contributed by atoms with E-state index >= 15 is 0 Å². The first kappa shape index (κ1) is 29.5. The third-order valence-corrected chi connectivity index (χ3v) is 9.66. The van der Waals surface area contributed by atoms with E-state index < -0.39 is 63.7 Å². The van der Waals surface area contributed by atoms with Crippen LogP contribution in [0.5, 0.6) is 11.5 Å². The summed E-state index contributed by atoms with van der Waals surface area (Å²) in [4.78, 5) is 56.1. The van der Waals surface area contributed by atoms with Gasteiger partial charge in [0.25, 0.3) is 5.91 Å². The summed E-state index contributed by atoms with van der Waals surface area (Å²) in [6.45, 7) is -0.410. The lowest BCUT2D eigenvalue weighted by Crippen LogP contribution is -2.33. The van der Waals surface area contributed by atoms with Crippen LogP contribution in [0.1, 0.15) is 21.9 Å². The van der Waals surface area contributed by atoms with Crippen molar-refractivity contribution in [2.24, 2.45) is 5.92 Å². The van der Waals surface area contributed by atoms with Gasteiger partial charge in [0.2, 0.25) is 11.8 Å². The molecule has 44 heavy (non-hydrogen) atoms. The maximum absolute atomic E-state index is 14.0. The highest BCUT2D eigenvalue weighted by atomic mass is 32.2. The van der Waals surface area contributed by atoms with Gasteiger partial charge in [-0.2, -0.15) is 13.2 Å². The first-order chi connectivity index (χ1) is 21.1. The van der Waals surface area contributed by atoms with Gasteiger partial charge in [0.05, 0.1) is 29.3 Å². The zero-order valence-electron chi connectivity index (χ0n) is 22.7. The molecule has 3 amide bonds. The molecular formula is C30H22F3N3O6S2. The molecule has 0 bridgehead atoms. The minimum absolute atomic E-state index is 0.217. The van der Waals surface area contributed by atoms with Gasteiger partial charge in [0.15, 0.2) is 6.61 Å². The van der Waals surface area contributed by atoms with E-state index in [1.807, 2.05) is 0 Å². The molecule has 0 saturated carbocycles. The highest BCUT2D eigenvalue weighted by molar-refractivity contribution is 8.00. The average Bonchev–Trinajstić information content (AvgIpc) is 3.50. The van der Waals surface area contributed by atoms with E-state index in [0.29, 0.717) is 31.8 Å². The summed E-state index contributed by atoms with van der Waals surface area (Å²) in [6.07, 6.45) is -4.81. The molecule has 1 fully saturated rings. The minimum Gasteiger partial charge on any atom is -0.497 e. The van der Waals surface area contributed by atoms with Crippen LogP contribution in [0.4, 0.5) is 24.5 Å². The van der Waals surface area contributed by atoms with Crippen LogP contribution in [0.3, 0.4) is 0 Å². The number of hydrogen-bond donors (Lipinski definition) is 2. The van der Waals surface area contributed by atoms with Crippen molar-refractivity contribution in [3.8, 4) is 11.5 Å². The molecule has 2 aliphatic heterocycles.